The van der Waals surface area contributed by atoms with Crippen LogP contribution in [0.25, 0.3) is 0 Å². The minimum Gasteiger partial charge on any atom is -0.493 e. The quantitative estimate of drug-likeness (QED) is 0.348. The molecule has 2 N–H and O–H groups in total. The lowest BCUT2D eigenvalue weighted by Gasteiger charge is -2.19. The summed E-state index contributed by atoms with van der Waals surface area (Å²) in [6.45, 7) is 6.70. The predicted octanol–water partition coefficient (Wildman–Crippen LogP) is 2.07. The second-order valence-corrected chi connectivity index (χ2v) is 6.62. The van der Waals surface area contributed by atoms with Crippen molar-refractivity contribution in [1.29, 1.82) is 0 Å². The Kier molecular flexibility index (Phi) is 9.79. The van der Waals surface area contributed by atoms with Gasteiger partial charge in [0.25, 0.3) is 0 Å². The van der Waals surface area contributed by atoms with Gasteiger partial charge in [-0.15, -0.1) is 0 Å². The zero-order valence-corrected chi connectivity index (χ0v) is 16.7. The van der Waals surface area contributed by atoms with Gasteiger partial charge in [0.05, 0.1) is 26.9 Å². The molecule has 1 aliphatic rings. The lowest BCUT2D eigenvalue weighted by atomic mass is 10.1. The number of guanidine groups is 1. The van der Waals surface area contributed by atoms with E-state index in [2.05, 4.69) is 15.6 Å². The zero-order valence-electron chi connectivity index (χ0n) is 16.7. The lowest BCUT2D eigenvalue weighted by molar-refractivity contribution is 0.0888. The van der Waals surface area contributed by atoms with Crippen molar-refractivity contribution in [2.24, 2.45) is 10.9 Å². The minimum atomic E-state index is -0.0307. The summed E-state index contributed by atoms with van der Waals surface area (Å²) in [7, 11) is 3.40. The van der Waals surface area contributed by atoms with Crippen LogP contribution in [0.2, 0.25) is 0 Å². The lowest BCUT2D eigenvalue weighted by Crippen LogP contribution is -2.42. The molecule has 1 heterocycles. The maximum atomic E-state index is 5.94. The summed E-state index contributed by atoms with van der Waals surface area (Å²) in [6.07, 6.45) is 2.02. The maximum Gasteiger partial charge on any atom is 0.191 e. The van der Waals surface area contributed by atoms with Crippen LogP contribution in [0.4, 0.5) is 0 Å². The van der Waals surface area contributed by atoms with Crippen molar-refractivity contribution in [2.45, 2.75) is 25.9 Å². The van der Waals surface area contributed by atoms with Crippen molar-refractivity contribution in [3.8, 4) is 11.5 Å². The van der Waals surface area contributed by atoms with E-state index in [1.54, 1.807) is 14.2 Å². The number of nitrogens with one attached hydrogen (secondary N) is 2. The van der Waals surface area contributed by atoms with Gasteiger partial charge in [0, 0.05) is 32.7 Å². The van der Waals surface area contributed by atoms with E-state index in [1.165, 1.54) is 0 Å². The molecular weight excluding hydrogens is 346 g/mol. The van der Waals surface area contributed by atoms with Crippen LogP contribution < -0.4 is 20.1 Å². The van der Waals surface area contributed by atoms with Crippen LogP contribution in [0, 0.1) is 5.92 Å². The Morgan fingerprint density at radius 3 is 2.81 bits per heavy atom. The van der Waals surface area contributed by atoms with Crippen LogP contribution in [0.3, 0.4) is 0 Å². The minimum absolute atomic E-state index is 0.0307. The predicted molar refractivity (Wildman–Crippen MR) is 107 cm³/mol. The van der Waals surface area contributed by atoms with Gasteiger partial charge < -0.3 is 29.6 Å². The first-order chi connectivity index (χ1) is 13.2. The van der Waals surface area contributed by atoms with Gasteiger partial charge in [0.2, 0.25) is 0 Å². The third kappa shape index (κ3) is 8.05. The third-order valence-corrected chi connectivity index (χ3v) is 4.31. The average Bonchev–Trinajstić information content (AvgIpc) is 3.20. The van der Waals surface area contributed by atoms with Gasteiger partial charge in [-0.25, -0.2) is 0 Å². The average molecular weight is 380 g/mol. The highest BCUT2D eigenvalue weighted by molar-refractivity contribution is 5.79. The van der Waals surface area contributed by atoms with Crippen LogP contribution in [-0.4, -0.2) is 65.7 Å². The smallest absolute Gasteiger partial charge is 0.191 e. The van der Waals surface area contributed by atoms with Crippen LogP contribution in [0.15, 0.2) is 29.3 Å². The number of hydrogen-bond donors (Lipinski definition) is 2. The van der Waals surface area contributed by atoms with Crippen LogP contribution in [0.5, 0.6) is 11.5 Å². The molecule has 7 nitrogen and oxygen atoms in total. The Labute approximate surface area is 162 Å². The van der Waals surface area contributed by atoms with E-state index in [0.717, 1.165) is 63.3 Å². The van der Waals surface area contributed by atoms with E-state index in [4.69, 9.17) is 18.9 Å². The van der Waals surface area contributed by atoms with Gasteiger partial charge in [-0.3, -0.25) is 4.99 Å². The van der Waals surface area contributed by atoms with E-state index in [-0.39, 0.29) is 6.10 Å². The number of aliphatic imine (C=N–C) groups is 1. The highest BCUT2D eigenvalue weighted by Gasteiger charge is 2.15. The molecule has 152 valence electrons. The standard InChI is InChI=1S/C20H33N3O4/c1-16(27-19-8-5-4-7-18(19)24-3)13-23-20(21-2)22-10-6-11-25-14-17-9-12-26-15-17/h4-5,7-8,16-17H,6,9-15H2,1-3H3,(H2,21,22,23). The Morgan fingerprint density at radius 2 is 2.11 bits per heavy atom. The molecule has 0 amide bonds. The summed E-state index contributed by atoms with van der Waals surface area (Å²) in [4.78, 5) is 4.24. The molecular formula is C20H33N3O4. The first-order valence-corrected chi connectivity index (χ1v) is 9.62. The molecule has 1 saturated heterocycles. The molecule has 0 aliphatic carbocycles. The fraction of sp³-hybridized carbons (Fsp3) is 0.650. The summed E-state index contributed by atoms with van der Waals surface area (Å²) in [6, 6.07) is 7.64. The number of benzene rings is 1. The number of methoxy groups -OCH3 is 1. The van der Waals surface area contributed by atoms with Crippen LogP contribution >= 0.6 is 0 Å². The normalized spacial score (nSPS) is 18.2. The van der Waals surface area contributed by atoms with Gasteiger partial charge in [-0.1, -0.05) is 12.1 Å². The number of nitrogens with zero attached hydrogens (tertiary/aromatic N) is 1. The molecule has 0 aromatic heterocycles. The number of para-hydroxylation sites is 2. The Hall–Kier alpha value is -1.99. The molecule has 7 heteroatoms. The highest BCUT2D eigenvalue weighted by atomic mass is 16.5. The second-order valence-electron chi connectivity index (χ2n) is 6.62. The largest absolute Gasteiger partial charge is 0.493 e. The third-order valence-electron chi connectivity index (χ3n) is 4.31. The molecule has 0 radical (unpaired) electrons. The van der Waals surface area contributed by atoms with E-state index < -0.39 is 0 Å². The van der Waals surface area contributed by atoms with Crippen molar-refractivity contribution < 1.29 is 18.9 Å². The Bertz CT molecular complexity index is 562. The number of rotatable bonds is 11. The van der Waals surface area contributed by atoms with Crippen molar-refractivity contribution in [3.05, 3.63) is 24.3 Å². The monoisotopic (exact) mass is 379 g/mol. The van der Waals surface area contributed by atoms with Crippen LogP contribution in [0.1, 0.15) is 19.8 Å². The molecule has 0 spiro atoms. The van der Waals surface area contributed by atoms with Gasteiger partial charge in [-0.2, -0.15) is 0 Å². The first-order valence-electron chi connectivity index (χ1n) is 9.62. The molecule has 1 fully saturated rings. The maximum absolute atomic E-state index is 5.94. The number of ether oxygens (including phenoxy) is 4. The molecule has 0 saturated carbocycles. The molecule has 1 aromatic carbocycles. The summed E-state index contributed by atoms with van der Waals surface area (Å²) in [5.74, 6) is 2.80. The topological polar surface area (TPSA) is 73.3 Å². The molecule has 2 unspecified atom stereocenters. The highest BCUT2D eigenvalue weighted by Crippen LogP contribution is 2.26. The van der Waals surface area contributed by atoms with Gasteiger partial charge in [-0.05, 0) is 31.9 Å². The van der Waals surface area contributed by atoms with Crippen LogP contribution in [-0.2, 0) is 9.47 Å². The SMILES string of the molecule is CN=C(NCCCOCC1CCOC1)NCC(C)Oc1ccccc1OC. The Morgan fingerprint density at radius 1 is 1.30 bits per heavy atom. The second kappa shape index (κ2) is 12.4. The van der Waals surface area contributed by atoms with Crippen molar-refractivity contribution >= 4 is 5.96 Å². The molecule has 1 aromatic rings. The summed E-state index contributed by atoms with van der Waals surface area (Å²) >= 11 is 0. The molecule has 0 bridgehead atoms. The van der Waals surface area contributed by atoms with Gasteiger partial charge in [0.15, 0.2) is 17.5 Å². The fourth-order valence-electron chi connectivity index (χ4n) is 2.78. The number of hydrogen-bond acceptors (Lipinski definition) is 5. The Balaban J connectivity index is 1.57. The van der Waals surface area contributed by atoms with E-state index in [1.807, 2.05) is 31.2 Å². The van der Waals surface area contributed by atoms with Crippen molar-refractivity contribution in [3.63, 3.8) is 0 Å². The molecule has 2 rings (SSSR count). The summed E-state index contributed by atoms with van der Waals surface area (Å²) in [5, 5.41) is 6.57. The molecule has 1 aliphatic heterocycles. The van der Waals surface area contributed by atoms with E-state index in [0.29, 0.717) is 12.5 Å². The van der Waals surface area contributed by atoms with Crippen molar-refractivity contribution in [2.75, 3.05) is 53.7 Å². The fourth-order valence-corrected chi connectivity index (χ4v) is 2.78. The van der Waals surface area contributed by atoms with Gasteiger partial charge in [0.1, 0.15) is 6.10 Å². The zero-order chi connectivity index (χ0) is 19.3. The van der Waals surface area contributed by atoms with Crippen molar-refractivity contribution in [1.82, 2.24) is 10.6 Å². The van der Waals surface area contributed by atoms with Gasteiger partial charge >= 0.3 is 0 Å². The van der Waals surface area contributed by atoms with E-state index >= 15 is 0 Å². The first kappa shape index (κ1) is 21.3. The van der Waals surface area contributed by atoms with E-state index in [9.17, 15) is 0 Å². The summed E-state index contributed by atoms with van der Waals surface area (Å²) < 4.78 is 22.3. The molecule has 2 atom stereocenters. The summed E-state index contributed by atoms with van der Waals surface area (Å²) in [5.41, 5.74) is 0. The molecule has 27 heavy (non-hydrogen) atoms.